The van der Waals surface area contributed by atoms with Gasteiger partial charge in [-0.1, -0.05) is 0 Å². The van der Waals surface area contributed by atoms with Gasteiger partial charge in [0, 0.05) is 24.7 Å². The first-order chi connectivity index (χ1) is 9.78. The second kappa shape index (κ2) is 5.70. The van der Waals surface area contributed by atoms with Gasteiger partial charge in [0.2, 0.25) is 10.0 Å². The van der Waals surface area contributed by atoms with Crippen LogP contribution in [0.25, 0.3) is 0 Å². The van der Waals surface area contributed by atoms with Crippen molar-refractivity contribution >= 4 is 15.7 Å². The van der Waals surface area contributed by atoms with E-state index in [2.05, 4.69) is 0 Å². The molecule has 8 heteroatoms. The van der Waals surface area contributed by atoms with E-state index >= 15 is 0 Å². The van der Waals surface area contributed by atoms with Gasteiger partial charge < -0.3 is 5.11 Å². The number of non-ortho nitro benzene ring substituents is 1. The molecule has 1 fully saturated rings. The van der Waals surface area contributed by atoms with Crippen molar-refractivity contribution in [3.63, 3.8) is 0 Å². The molecule has 0 amide bonds. The summed E-state index contributed by atoms with van der Waals surface area (Å²) in [5, 5.41) is 20.2. The molecule has 1 aliphatic rings. The summed E-state index contributed by atoms with van der Waals surface area (Å²) in [6, 6.07) is 2.01. The molecule has 1 atom stereocenters. The molecule has 116 valence electrons. The van der Waals surface area contributed by atoms with Gasteiger partial charge in [0.05, 0.1) is 16.4 Å². The predicted octanol–water partition coefficient (Wildman–Crippen LogP) is 1.36. The molecule has 1 N–H and O–H groups in total. The number of rotatable bonds is 4. The van der Waals surface area contributed by atoms with Crippen LogP contribution in [0.4, 0.5) is 5.69 Å². The molecule has 0 unspecified atom stereocenters. The van der Waals surface area contributed by atoms with Crippen molar-refractivity contribution < 1.29 is 18.4 Å². The zero-order chi connectivity index (χ0) is 15.8. The van der Waals surface area contributed by atoms with Crippen molar-refractivity contribution in [3.8, 4) is 0 Å². The first-order valence-electron chi connectivity index (χ1n) is 6.67. The molecule has 0 radical (unpaired) electrons. The number of benzene rings is 1. The summed E-state index contributed by atoms with van der Waals surface area (Å²) in [6.45, 7) is 3.37. The standard InChI is InChI=1S/C13H18N2O5S/c1-9-6-12(15(17)18)7-13(10(9)2)21(19,20)14-5-3-4-11(14)8-16/h6-7,11,16H,3-5,8H2,1-2H3/t11-/m0/s1. The number of aliphatic hydroxyl groups is 1. The zero-order valence-corrected chi connectivity index (χ0v) is 12.8. The van der Waals surface area contributed by atoms with Crippen LogP contribution in [-0.2, 0) is 10.0 Å². The van der Waals surface area contributed by atoms with Crippen molar-refractivity contribution in [1.29, 1.82) is 0 Å². The number of nitro benzene ring substituents is 1. The van der Waals surface area contributed by atoms with Gasteiger partial charge in [-0.05, 0) is 37.8 Å². The first kappa shape index (κ1) is 15.9. The van der Waals surface area contributed by atoms with E-state index < -0.39 is 21.0 Å². The van der Waals surface area contributed by atoms with E-state index in [4.69, 9.17) is 0 Å². The Morgan fingerprint density at radius 2 is 2.10 bits per heavy atom. The Kier molecular flexibility index (Phi) is 4.31. The normalized spacial score (nSPS) is 19.9. The highest BCUT2D eigenvalue weighted by atomic mass is 32.2. The number of aliphatic hydroxyl groups excluding tert-OH is 1. The van der Waals surface area contributed by atoms with Gasteiger partial charge in [0.15, 0.2) is 0 Å². The zero-order valence-electron chi connectivity index (χ0n) is 11.9. The highest BCUT2D eigenvalue weighted by Crippen LogP contribution is 2.31. The molecular formula is C13H18N2O5S. The summed E-state index contributed by atoms with van der Waals surface area (Å²) in [4.78, 5) is 10.3. The van der Waals surface area contributed by atoms with Crippen LogP contribution in [0.5, 0.6) is 0 Å². The van der Waals surface area contributed by atoms with Crippen LogP contribution in [-0.4, -0.2) is 41.9 Å². The molecule has 21 heavy (non-hydrogen) atoms. The summed E-state index contributed by atoms with van der Waals surface area (Å²) in [5.74, 6) is 0. The monoisotopic (exact) mass is 314 g/mol. The number of hydrogen-bond donors (Lipinski definition) is 1. The lowest BCUT2D eigenvalue weighted by molar-refractivity contribution is -0.385. The van der Waals surface area contributed by atoms with Gasteiger partial charge in [-0.3, -0.25) is 10.1 Å². The van der Waals surface area contributed by atoms with Crippen molar-refractivity contribution in [1.82, 2.24) is 4.31 Å². The number of nitro groups is 1. The fourth-order valence-corrected chi connectivity index (χ4v) is 4.62. The Labute approximate surface area is 123 Å². The Morgan fingerprint density at radius 1 is 1.43 bits per heavy atom. The molecule has 0 bridgehead atoms. The van der Waals surface area contributed by atoms with Crippen LogP contribution in [0.1, 0.15) is 24.0 Å². The summed E-state index contributed by atoms with van der Waals surface area (Å²) < 4.78 is 26.7. The maximum Gasteiger partial charge on any atom is 0.271 e. The fourth-order valence-electron chi connectivity index (χ4n) is 2.62. The van der Waals surface area contributed by atoms with Crippen LogP contribution in [0, 0.1) is 24.0 Å². The highest BCUT2D eigenvalue weighted by molar-refractivity contribution is 7.89. The maximum absolute atomic E-state index is 12.7. The topological polar surface area (TPSA) is 101 Å². The molecule has 0 spiro atoms. The molecule has 7 nitrogen and oxygen atoms in total. The SMILES string of the molecule is Cc1cc([N+](=O)[O-])cc(S(=O)(=O)N2CCC[C@H]2CO)c1C. The van der Waals surface area contributed by atoms with E-state index in [1.54, 1.807) is 13.8 Å². The number of aryl methyl sites for hydroxylation is 1. The van der Waals surface area contributed by atoms with Crippen LogP contribution < -0.4 is 0 Å². The molecule has 1 aromatic carbocycles. The Bertz CT molecular complexity index is 671. The third kappa shape index (κ3) is 2.78. The van der Waals surface area contributed by atoms with Crippen LogP contribution in [0.2, 0.25) is 0 Å². The third-order valence-electron chi connectivity index (χ3n) is 3.94. The first-order valence-corrected chi connectivity index (χ1v) is 8.11. The van der Waals surface area contributed by atoms with Crippen LogP contribution >= 0.6 is 0 Å². The summed E-state index contributed by atoms with van der Waals surface area (Å²) in [5.41, 5.74) is 0.822. The van der Waals surface area contributed by atoms with Crippen LogP contribution in [0.15, 0.2) is 17.0 Å². The molecule has 2 rings (SSSR count). The van der Waals surface area contributed by atoms with Gasteiger partial charge in [-0.15, -0.1) is 0 Å². The number of hydrogen-bond acceptors (Lipinski definition) is 5. The highest BCUT2D eigenvalue weighted by Gasteiger charge is 2.36. The van der Waals surface area contributed by atoms with Gasteiger partial charge in [0.1, 0.15) is 0 Å². The molecule has 1 aliphatic heterocycles. The molecule has 0 aliphatic carbocycles. The lowest BCUT2D eigenvalue weighted by Gasteiger charge is -2.23. The third-order valence-corrected chi connectivity index (χ3v) is 6.01. The van der Waals surface area contributed by atoms with Crippen molar-refractivity contribution in [2.45, 2.75) is 37.6 Å². The van der Waals surface area contributed by atoms with Gasteiger partial charge in [0.25, 0.3) is 5.69 Å². The smallest absolute Gasteiger partial charge is 0.271 e. The van der Waals surface area contributed by atoms with E-state index in [0.717, 1.165) is 6.07 Å². The van der Waals surface area contributed by atoms with Crippen LogP contribution in [0.3, 0.4) is 0 Å². The maximum atomic E-state index is 12.7. The molecule has 1 heterocycles. The molecule has 1 saturated heterocycles. The summed E-state index contributed by atoms with van der Waals surface area (Å²) in [6.07, 6.45) is 1.28. The lowest BCUT2D eigenvalue weighted by Crippen LogP contribution is -2.38. The average Bonchev–Trinajstić information content (AvgIpc) is 2.90. The molecule has 0 aromatic heterocycles. The van der Waals surface area contributed by atoms with Gasteiger partial charge in [-0.2, -0.15) is 4.31 Å². The Morgan fingerprint density at radius 3 is 2.67 bits per heavy atom. The second-order valence-electron chi connectivity index (χ2n) is 5.24. The van der Waals surface area contributed by atoms with Crippen molar-refractivity contribution in [2.75, 3.05) is 13.2 Å². The van der Waals surface area contributed by atoms with Gasteiger partial charge in [-0.25, -0.2) is 8.42 Å². The fraction of sp³-hybridized carbons (Fsp3) is 0.538. The van der Waals surface area contributed by atoms with E-state index in [-0.39, 0.29) is 17.2 Å². The Balaban J connectivity index is 2.56. The van der Waals surface area contributed by atoms with E-state index in [1.165, 1.54) is 10.4 Å². The quantitative estimate of drug-likeness (QED) is 0.668. The van der Waals surface area contributed by atoms with Gasteiger partial charge >= 0.3 is 0 Å². The Hall–Kier alpha value is -1.51. The summed E-state index contributed by atoms with van der Waals surface area (Å²) in [7, 11) is -3.84. The van der Waals surface area contributed by atoms with Crippen molar-refractivity contribution in [3.05, 3.63) is 33.4 Å². The molecule has 1 aromatic rings. The van der Waals surface area contributed by atoms with E-state index in [1.807, 2.05) is 0 Å². The summed E-state index contributed by atoms with van der Waals surface area (Å²) >= 11 is 0. The minimum absolute atomic E-state index is 0.0467. The number of sulfonamides is 1. The molecule has 0 saturated carbocycles. The minimum Gasteiger partial charge on any atom is -0.395 e. The molecular weight excluding hydrogens is 296 g/mol. The van der Waals surface area contributed by atoms with Crippen molar-refractivity contribution in [2.24, 2.45) is 0 Å². The van der Waals surface area contributed by atoms with E-state index in [0.29, 0.717) is 30.5 Å². The predicted molar refractivity (Wildman–Crippen MR) is 76.6 cm³/mol. The average molecular weight is 314 g/mol. The minimum atomic E-state index is -3.84. The van der Waals surface area contributed by atoms with E-state index in [9.17, 15) is 23.6 Å². The second-order valence-corrected chi connectivity index (χ2v) is 7.10. The lowest BCUT2D eigenvalue weighted by atomic mass is 10.1. The number of nitrogens with zero attached hydrogens (tertiary/aromatic N) is 2. The largest absolute Gasteiger partial charge is 0.395 e.